The lowest BCUT2D eigenvalue weighted by atomic mass is 10.1. The fourth-order valence-electron chi connectivity index (χ4n) is 1.98. The van der Waals surface area contributed by atoms with E-state index < -0.39 is 0 Å². The van der Waals surface area contributed by atoms with Crippen molar-refractivity contribution in [2.75, 3.05) is 6.54 Å². The molecule has 2 aromatic rings. The topological polar surface area (TPSA) is 42.7 Å². The Balaban J connectivity index is 2.36. The number of halogens is 1. The highest BCUT2D eigenvalue weighted by Gasteiger charge is 2.18. The predicted molar refractivity (Wildman–Crippen MR) is 67.6 cm³/mol. The predicted octanol–water partition coefficient (Wildman–Crippen LogP) is 2.14. The van der Waals surface area contributed by atoms with E-state index in [1.165, 1.54) is 12.3 Å². The number of pyridine rings is 1. The first-order chi connectivity index (χ1) is 8.76. The monoisotopic (exact) mass is 248 g/mol. The van der Waals surface area contributed by atoms with Crippen LogP contribution >= 0.6 is 0 Å². The lowest BCUT2D eigenvalue weighted by Crippen LogP contribution is -2.25. The van der Waals surface area contributed by atoms with E-state index in [-0.39, 0.29) is 11.9 Å². The van der Waals surface area contributed by atoms with Crippen LogP contribution in [0.15, 0.2) is 30.6 Å². The number of hydrogen-bond donors (Lipinski definition) is 1. The molecule has 1 unspecified atom stereocenters. The van der Waals surface area contributed by atoms with Crippen molar-refractivity contribution in [1.82, 2.24) is 20.1 Å². The minimum Gasteiger partial charge on any atom is -0.304 e. The standard InChI is InChI=1S/C13H17FN4/c1-3-15-13(11-6-5-10(14)9-16-11)12-7-8-17-18(12)4-2/h5-9,13,15H,3-4H2,1-2H3. The van der Waals surface area contributed by atoms with Gasteiger partial charge in [0.05, 0.1) is 23.6 Å². The van der Waals surface area contributed by atoms with Gasteiger partial charge in [-0.2, -0.15) is 5.10 Å². The number of nitrogens with one attached hydrogen (secondary N) is 1. The highest BCUT2D eigenvalue weighted by atomic mass is 19.1. The summed E-state index contributed by atoms with van der Waals surface area (Å²) in [6.45, 7) is 5.67. The Morgan fingerprint density at radius 2 is 2.17 bits per heavy atom. The van der Waals surface area contributed by atoms with Crippen molar-refractivity contribution in [1.29, 1.82) is 0 Å². The third kappa shape index (κ3) is 2.56. The smallest absolute Gasteiger partial charge is 0.141 e. The summed E-state index contributed by atoms with van der Waals surface area (Å²) in [5, 5.41) is 7.61. The van der Waals surface area contributed by atoms with Crippen molar-refractivity contribution in [2.24, 2.45) is 0 Å². The molecule has 1 N–H and O–H groups in total. The fourth-order valence-corrected chi connectivity index (χ4v) is 1.98. The largest absolute Gasteiger partial charge is 0.304 e. The van der Waals surface area contributed by atoms with E-state index in [4.69, 9.17) is 0 Å². The lowest BCUT2D eigenvalue weighted by molar-refractivity contribution is 0.531. The van der Waals surface area contributed by atoms with Crippen molar-refractivity contribution in [3.8, 4) is 0 Å². The van der Waals surface area contributed by atoms with Crippen LogP contribution in [-0.2, 0) is 6.54 Å². The summed E-state index contributed by atoms with van der Waals surface area (Å²) in [7, 11) is 0. The quantitative estimate of drug-likeness (QED) is 0.881. The minimum absolute atomic E-state index is 0.0574. The van der Waals surface area contributed by atoms with Gasteiger partial charge in [0.1, 0.15) is 5.82 Å². The first-order valence-corrected chi connectivity index (χ1v) is 6.12. The maximum atomic E-state index is 12.9. The Labute approximate surface area is 106 Å². The molecule has 0 saturated heterocycles. The van der Waals surface area contributed by atoms with Crippen LogP contribution in [0.1, 0.15) is 31.3 Å². The Bertz CT molecular complexity index is 492. The van der Waals surface area contributed by atoms with Crippen molar-refractivity contribution in [3.63, 3.8) is 0 Å². The first kappa shape index (κ1) is 12.7. The third-order valence-electron chi connectivity index (χ3n) is 2.80. The van der Waals surface area contributed by atoms with E-state index in [2.05, 4.69) is 15.4 Å². The molecule has 4 nitrogen and oxygen atoms in total. The summed E-state index contributed by atoms with van der Waals surface area (Å²) in [6.07, 6.45) is 3.01. The molecule has 0 aliphatic carbocycles. The van der Waals surface area contributed by atoms with Crippen molar-refractivity contribution >= 4 is 0 Å². The summed E-state index contributed by atoms with van der Waals surface area (Å²) < 4.78 is 14.8. The number of hydrogen-bond acceptors (Lipinski definition) is 3. The normalized spacial score (nSPS) is 12.6. The van der Waals surface area contributed by atoms with Crippen LogP contribution in [0.25, 0.3) is 0 Å². The third-order valence-corrected chi connectivity index (χ3v) is 2.80. The number of aryl methyl sites for hydroxylation is 1. The minimum atomic E-state index is -0.321. The van der Waals surface area contributed by atoms with Gasteiger partial charge in [0.15, 0.2) is 0 Å². The van der Waals surface area contributed by atoms with Gasteiger partial charge in [-0.3, -0.25) is 9.67 Å². The van der Waals surface area contributed by atoms with Gasteiger partial charge in [0.25, 0.3) is 0 Å². The second-order valence-corrected chi connectivity index (χ2v) is 3.96. The van der Waals surface area contributed by atoms with Gasteiger partial charge in [-0.25, -0.2) is 4.39 Å². The molecular formula is C13H17FN4. The maximum Gasteiger partial charge on any atom is 0.141 e. The molecule has 96 valence electrons. The molecule has 1 atom stereocenters. The van der Waals surface area contributed by atoms with Gasteiger partial charge in [0.2, 0.25) is 0 Å². The van der Waals surface area contributed by atoms with E-state index in [0.29, 0.717) is 0 Å². The van der Waals surface area contributed by atoms with Crippen LogP contribution in [0.5, 0.6) is 0 Å². The second kappa shape index (κ2) is 5.73. The van der Waals surface area contributed by atoms with Crippen molar-refractivity contribution in [3.05, 3.63) is 47.8 Å². The SMILES string of the molecule is CCNC(c1ccc(F)cn1)c1ccnn1CC. The summed E-state index contributed by atoms with van der Waals surface area (Å²) in [4.78, 5) is 4.15. The molecule has 0 radical (unpaired) electrons. The molecule has 0 fully saturated rings. The summed E-state index contributed by atoms with van der Waals surface area (Å²) in [5.41, 5.74) is 1.84. The maximum absolute atomic E-state index is 12.9. The number of aromatic nitrogens is 3. The lowest BCUT2D eigenvalue weighted by Gasteiger charge is -2.18. The van der Waals surface area contributed by atoms with Crippen molar-refractivity contribution < 1.29 is 4.39 Å². The molecule has 0 aliphatic heterocycles. The van der Waals surface area contributed by atoms with Gasteiger partial charge >= 0.3 is 0 Å². The molecule has 5 heteroatoms. The molecule has 2 aromatic heterocycles. The van der Waals surface area contributed by atoms with Gasteiger partial charge in [-0.15, -0.1) is 0 Å². The summed E-state index contributed by atoms with van der Waals surface area (Å²) >= 11 is 0. The van der Waals surface area contributed by atoms with Gasteiger partial charge in [0, 0.05) is 12.7 Å². The molecule has 0 aromatic carbocycles. The van der Waals surface area contributed by atoms with Crippen molar-refractivity contribution in [2.45, 2.75) is 26.4 Å². The molecule has 0 bridgehead atoms. The average Bonchev–Trinajstić information content (AvgIpc) is 2.85. The van der Waals surface area contributed by atoms with Gasteiger partial charge < -0.3 is 5.32 Å². The molecule has 0 spiro atoms. The molecule has 18 heavy (non-hydrogen) atoms. The van der Waals surface area contributed by atoms with Crippen LogP contribution in [0.2, 0.25) is 0 Å². The van der Waals surface area contributed by atoms with Crippen LogP contribution < -0.4 is 5.32 Å². The van der Waals surface area contributed by atoms with Gasteiger partial charge in [-0.1, -0.05) is 6.92 Å². The van der Waals surface area contributed by atoms with E-state index in [9.17, 15) is 4.39 Å². The zero-order valence-electron chi connectivity index (χ0n) is 10.6. The first-order valence-electron chi connectivity index (χ1n) is 6.12. The van der Waals surface area contributed by atoms with Crippen LogP contribution in [-0.4, -0.2) is 21.3 Å². The van der Waals surface area contributed by atoms with E-state index >= 15 is 0 Å². The Morgan fingerprint density at radius 1 is 1.33 bits per heavy atom. The highest BCUT2D eigenvalue weighted by molar-refractivity contribution is 5.21. The molecule has 2 heterocycles. The Kier molecular flexibility index (Phi) is 4.04. The molecule has 2 rings (SSSR count). The highest BCUT2D eigenvalue weighted by Crippen LogP contribution is 2.20. The molecule has 0 amide bonds. The van der Waals surface area contributed by atoms with Crippen LogP contribution in [0, 0.1) is 5.82 Å². The summed E-state index contributed by atoms with van der Waals surface area (Å²) in [6, 6.07) is 5.04. The Hall–Kier alpha value is -1.75. The number of nitrogens with zero attached hydrogens (tertiary/aromatic N) is 3. The average molecular weight is 248 g/mol. The zero-order chi connectivity index (χ0) is 13.0. The fraction of sp³-hybridized carbons (Fsp3) is 0.385. The Morgan fingerprint density at radius 3 is 2.78 bits per heavy atom. The van der Waals surface area contributed by atoms with Gasteiger partial charge in [-0.05, 0) is 31.7 Å². The zero-order valence-corrected chi connectivity index (χ0v) is 10.6. The molecule has 0 aliphatic rings. The number of rotatable bonds is 5. The van der Waals surface area contributed by atoms with E-state index in [0.717, 1.165) is 24.5 Å². The second-order valence-electron chi connectivity index (χ2n) is 3.96. The molecular weight excluding hydrogens is 231 g/mol. The summed E-state index contributed by atoms with van der Waals surface area (Å²) in [5.74, 6) is -0.321. The van der Waals surface area contributed by atoms with Crippen LogP contribution in [0.4, 0.5) is 4.39 Å². The van der Waals surface area contributed by atoms with E-state index in [1.54, 1.807) is 12.3 Å². The van der Waals surface area contributed by atoms with Crippen LogP contribution in [0.3, 0.4) is 0 Å². The van der Waals surface area contributed by atoms with E-state index in [1.807, 2.05) is 24.6 Å². The molecule has 0 saturated carbocycles.